The maximum Gasteiger partial charge on any atom is 0.330 e. The molecule has 2 heterocycles. The summed E-state index contributed by atoms with van der Waals surface area (Å²) in [6.07, 6.45) is -0.355. The highest BCUT2D eigenvalue weighted by molar-refractivity contribution is 5.19. The first-order chi connectivity index (χ1) is 9.49. The molecule has 0 aromatic carbocycles. The van der Waals surface area contributed by atoms with E-state index in [4.69, 9.17) is 10.3 Å². The summed E-state index contributed by atoms with van der Waals surface area (Å²) >= 11 is 0. The van der Waals surface area contributed by atoms with E-state index < -0.39 is 29.6 Å². The minimum Gasteiger partial charge on any atom is -0.393 e. The highest BCUT2D eigenvalue weighted by Gasteiger charge is 2.39. The van der Waals surface area contributed by atoms with E-state index in [-0.39, 0.29) is 6.61 Å². The number of hydrogen-bond donors (Lipinski definition) is 2. The first kappa shape index (κ1) is 14.1. The molecule has 0 saturated carbocycles. The van der Waals surface area contributed by atoms with Crippen LogP contribution in [0.15, 0.2) is 33.1 Å². The lowest BCUT2D eigenvalue weighted by Crippen LogP contribution is -2.36. The van der Waals surface area contributed by atoms with E-state index in [2.05, 4.69) is 21.6 Å². The Bertz CT molecular complexity index is 700. The second-order valence-corrected chi connectivity index (χ2v) is 4.40. The summed E-state index contributed by atoms with van der Waals surface area (Å²) in [5.41, 5.74) is 8.10. The van der Waals surface area contributed by atoms with Gasteiger partial charge < -0.3 is 9.84 Å². The van der Waals surface area contributed by atoms with Crippen LogP contribution in [0, 0.1) is 6.92 Å². The van der Waals surface area contributed by atoms with Crippen molar-refractivity contribution in [2.75, 3.05) is 6.61 Å². The van der Waals surface area contributed by atoms with Crippen LogP contribution in [0.1, 0.15) is 11.8 Å². The minimum atomic E-state index is -0.946. The molecule has 3 atom stereocenters. The van der Waals surface area contributed by atoms with Gasteiger partial charge in [-0.2, -0.15) is 0 Å². The molecule has 20 heavy (non-hydrogen) atoms. The normalized spacial score (nSPS) is 25.5. The number of ether oxygens (including phenoxy) is 1. The topological polar surface area (TPSA) is 133 Å². The third-order valence-corrected chi connectivity index (χ3v) is 3.13. The van der Waals surface area contributed by atoms with Crippen LogP contribution in [0.2, 0.25) is 0 Å². The van der Waals surface area contributed by atoms with Crippen LogP contribution in [0.25, 0.3) is 10.4 Å². The van der Waals surface area contributed by atoms with Gasteiger partial charge in [0, 0.05) is 16.7 Å². The average Bonchev–Trinajstić information content (AvgIpc) is 2.72. The van der Waals surface area contributed by atoms with Gasteiger partial charge in [0.25, 0.3) is 5.56 Å². The van der Waals surface area contributed by atoms with Gasteiger partial charge in [0.05, 0.1) is 6.61 Å². The Balaban J connectivity index is 2.53. The van der Waals surface area contributed by atoms with Gasteiger partial charge in [0.2, 0.25) is 0 Å². The van der Waals surface area contributed by atoms with E-state index in [0.717, 1.165) is 4.57 Å². The van der Waals surface area contributed by atoms with E-state index in [1.807, 2.05) is 0 Å². The number of aryl methyl sites for hydroxylation is 1. The molecule has 0 aliphatic carbocycles. The monoisotopic (exact) mass is 279 g/mol. The number of aromatic amines is 1. The molecule has 2 N–H and O–H groups in total. The Labute approximate surface area is 112 Å². The lowest BCUT2D eigenvalue weighted by molar-refractivity contribution is -0.0233. The lowest BCUT2D eigenvalue weighted by Gasteiger charge is -2.17. The molecule has 0 spiro atoms. The molecule has 0 bridgehead atoms. The van der Waals surface area contributed by atoms with Crippen LogP contribution < -0.4 is 11.2 Å². The zero-order valence-electron chi connectivity index (χ0n) is 10.7. The van der Waals surface area contributed by atoms with Crippen molar-refractivity contribution in [1.82, 2.24) is 9.55 Å². The van der Waals surface area contributed by atoms with Crippen LogP contribution in [0.4, 0.5) is 0 Å². The van der Waals surface area contributed by atoms with Gasteiger partial charge in [-0.1, -0.05) is 11.7 Å². The molecular formula is C11H13N5O4. The Kier molecular flexibility index (Phi) is 3.75. The van der Waals surface area contributed by atoms with Crippen LogP contribution in [-0.2, 0) is 4.74 Å². The SMILES string of the molecule is C=C1C(N=[N+]=[N-])[C@H](n2cc(C)c(=O)[nH]c2=O)O[C@@H]1CO. The smallest absolute Gasteiger partial charge is 0.330 e. The number of H-pyrrole nitrogens is 1. The predicted molar refractivity (Wildman–Crippen MR) is 69.1 cm³/mol. The summed E-state index contributed by atoms with van der Waals surface area (Å²) in [6, 6.07) is -0.833. The van der Waals surface area contributed by atoms with Gasteiger partial charge in [0.15, 0.2) is 6.23 Å². The number of nitrogens with one attached hydrogen (secondary N) is 1. The lowest BCUT2D eigenvalue weighted by atomic mass is 10.1. The van der Waals surface area contributed by atoms with Gasteiger partial charge in [-0.05, 0) is 18.0 Å². The fourth-order valence-electron chi connectivity index (χ4n) is 2.04. The van der Waals surface area contributed by atoms with E-state index in [1.54, 1.807) is 0 Å². The van der Waals surface area contributed by atoms with Crippen molar-refractivity contribution >= 4 is 0 Å². The van der Waals surface area contributed by atoms with E-state index in [0.29, 0.717) is 11.1 Å². The molecule has 1 aliphatic heterocycles. The molecule has 2 rings (SSSR count). The van der Waals surface area contributed by atoms with Crippen molar-refractivity contribution in [1.29, 1.82) is 0 Å². The second-order valence-electron chi connectivity index (χ2n) is 4.40. The highest BCUT2D eigenvalue weighted by atomic mass is 16.5. The molecule has 106 valence electrons. The number of rotatable bonds is 3. The van der Waals surface area contributed by atoms with Gasteiger partial charge >= 0.3 is 5.69 Å². The van der Waals surface area contributed by atoms with Crippen LogP contribution in [0.3, 0.4) is 0 Å². The molecular weight excluding hydrogens is 266 g/mol. The number of aliphatic hydroxyl groups is 1. The van der Waals surface area contributed by atoms with E-state index in [9.17, 15) is 14.7 Å². The molecule has 1 aromatic rings. The summed E-state index contributed by atoms with van der Waals surface area (Å²) < 4.78 is 6.60. The van der Waals surface area contributed by atoms with Crippen molar-refractivity contribution in [2.45, 2.75) is 25.3 Å². The Hall–Kier alpha value is -2.35. The van der Waals surface area contributed by atoms with Gasteiger partial charge in [0.1, 0.15) is 12.1 Å². The first-order valence-corrected chi connectivity index (χ1v) is 5.81. The maximum absolute atomic E-state index is 11.8. The molecule has 1 unspecified atom stereocenters. The number of nitrogens with zero attached hydrogens (tertiary/aromatic N) is 4. The van der Waals surface area contributed by atoms with E-state index in [1.165, 1.54) is 13.1 Å². The van der Waals surface area contributed by atoms with Crippen LogP contribution >= 0.6 is 0 Å². The number of aromatic nitrogens is 2. The zero-order chi connectivity index (χ0) is 14.9. The van der Waals surface area contributed by atoms with Crippen LogP contribution in [-0.4, -0.2) is 33.4 Å². The third kappa shape index (κ3) is 2.25. The Morgan fingerprint density at radius 3 is 2.95 bits per heavy atom. The average molecular weight is 279 g/mol. The predicted octanol–water partition coefficient (Wildman–Crippen LogP) is -0.0302. The summed E-state index contributed by atoms with van der Waals surface area (Å²) in [5, 5.41) is 12.7. The Morgan fingerprint density at radius 1 is 1.65 bits per heavy atom. The number of aliphatic hydroxyl groups excluding tert-OH is 1. The van der Waals surface area contributed by atoms with Gasteiger partial charge in [-0.25, -0.2) is 4.79 Å². The summed E-state index contributed by atoms with van der Waals surface area (Å²) in [7, 11) is 0. The molecule has 0 amide bonds. The maximum atomic E-state index is 11.8. The van der Waals surface area contributed by atoms with Crippen molar-refractivity contribution < 1.29 is 9.84 Å². The third-order valence-electron chi connectivity index (χ3n) is 3.13. The summed E-state index contributed by atoms with van der Waals surface area (Å²) in [4.78, 5) is 28.0. The molecule has 1 saturated heterocycles. The fourth-order valence-corrected chi connectivity index (χ4v) is 2.04. The van der Waals surface area contributed by atoms with Crippen molar-refractivity contribution in [3.8, 4) is 0 Å². The van der Waals surface area contributed by atoms with Gasteiger partial charge in [-0.3, -0.25) is 14.3 Å². The largest absolute Gasteiger partial charge is 0.393 e. The second kappa shape index (κ2) is 5.33. The molecule has 1 aromatic heterocycles. The number of azide groups is 1. The first-order valence-electron chi connectivity index (χ1n) is 5.81. The summed E-state index contributed by atoms with van der Waals surface area (Å²) in [6.45, 7) is 4.90. The van der Waals surface area contributed by atoms with Crippen molar-refractivity contribution in [3.05, 3.63) is 55.2 Å². The Morgan fingerprint density at radius 2 is 2.35 bits per heavy atom. The van der Waals surface area contributed by atoms with Crippen molar-refractivity contribution in [2.24, 2.45) is 5.11 Å². The molecule has 1 aliphatic rings. The minimum absolute atomic E-state index is 0.311. The van der Waals surface area contributed by atoms with Crippen molar-refractivity contribution in [3.63, 3.8) is 0 Å². The molecule has 1 fully saturated rings. The van der Waals surface area contributed by atoms with Crippen LogP contribution in [0.5, 0.6) is 0 Å². The standard InChI is InChI=1S/C11H13N5O4/c1-5-3-16(11(19)13-9(5)18)10-8(14-15-12)6(2)7(4-17)20-10/h3,7-8,10,17H,2,4H2,1H3,(H,13,18,19)/t7-,8?,10-/m1/s1. The quantitative estimate of drug-likeness (QED) is 0.348. The summed E-state index contributed by atoms with van der Waals surface area (Å²) in [5.74, 6) is 0. The molecule has 9 heteroatoms. The number of hydrogen-bond acceptors (Lipinski definition) is 5. The highest BCUT2D eigenvalue weighted by Crippen LogP contribution is 2.33. The van der Waals surface area contributed by atoms with Gasteiger partial charge in [-0.15, -0.1) is 0 Å². The molecule has 0 radical (unpaired) electrons. The zero-order valence-corrected chi connectivity index (χ0v) is 10.7. The van der Waals surface area contributed by atoms with E-state index >= 15 is 0 Å². The fraction of sp³-hybridized carbons (Fsp3) is 0.455. The molecule has 9 nitrogen and oxygen atoms in total.